The number of thioether (sulfide) groups is 2. The van der Waals surface area contributed by atoms with Crippen molar-refractivity contribution in [3.05, 3.63) is 140 Å². The Morgan fingerprint density at radius 2 is 0.701 bits per heavy atom. The quantitative estimate of drug-likeness (QED) is 0.0290. The summed E-state index contributed by atoms with van der Waals surface area (Å²) >= 11 is 20.7. The van der Waals surface area contributed by atoms with E-state index in [0.29, 0.717) is 24.4 Å². The van der Waals surface area contributed by atoms with Crippen LogP contribution in [0.3, 0.4) is 0 Å². The first-order chi connectivity index (χ1) is 36.2. The fourth-order valence-electron chi connectivity index (χ4n) is 7.22. The molecule has 77 heavy (non-hydrogen) atoms. The second-order valence-corrected chi connectivity index (χ2v) is 40.7. The van der Waals surface area contributed by atoms with Crippen molar-refractivity contribution < 1.29 is 22.8 Å². The van der Waals surface area contributed by atoms with Gasteiger partial charge >= 0.3 is 56.5 Å². The number of ether oxygens (including phenoxy) is 1. The zero-order valence-electron chi connectivity index (χ0n) is 50.7. The molecule has 0 unspecified atom stereocenters. The molecule has 1 heterocycles. The third kappa shape index (κ3) is 72.6. The second-order valence-electron chi connectivity index (χ2n) is 20.5. The fourth-order valence-corrected chi connectivity index (χ4v) is 10.9. The van der Waals surface area contributed by atoms with Crippen LogP contribution >= 0.6 is 154 Å². The fraction of sp³-hybridized carbons (Fsp3) is 0.615. The van der Waals surface area contributed by atoms with Crippen LogP contribution in [0.2, 0.25) is 0 Å². The maximum atomic E-state index is 10.6. The maximum absolute atomic E-state index is 10.6. The van der Waals surface area contributed by atoms with Crippen molar-refractivity contribution in [3.63, 3.8) is 0 Å². The molecule has 0 aromatic carbocycles. The third-order valence-corrected chi connectivity index (χ3v) is 16.0. The van der Waals surface area contributed by atoms with Gasteiger partial charge in [0.05, 0.1) is 4.58 Å². The zero-order valence-corrected chi connectivity index (χ0v) is 68.6. The van der Waals surface area contributed by atoms with Crippen molar-refractivity contribution in [2.45, 2.75) is 230 Å². The Morgan fingerprint density at radius 3 is 0.974 bits per heavy atom. The molecule has 0 radical (unpaired) electrons. The van der Waals surface area contributed by atoms with Gasteiger partial charge in [-0.15, -0.1) is 47.5 Å². The van der Waals surface area contributed by atoms with Crippen LogP contribution in [0.25, 0.3) is 0 Å². The molecule has 0 saturated carbocycles. The van der Waals surface area contributed by atoms with Gasteiger partial charge in [0.15, 0.2) is 0 Å². The Bertz CT molecular complexity index is 1860. The molecule has 0 atom stereocenters. The molecule has 0 aliphatic carbocycles. The minimum atomic E-state index is -0.225. The van der Waals surface area contributed by atoms with Crippen LogP contribution in [-0.4, -0.2) is 39.3 Å². The van der Waals surface area contributed by atoms with E-state index >= 15 is 0 Å². The van der Waals surface area contributed by atoms with Gasteiger partial charge in [-0.25, -0.2) is 0 Å². The van der Waals surface area contributed by atoms with Gasteiger partial charge in [0.25, 0.3) is 0 Å². The molecule has 0 amide bonds. The van der Waals surface area contributed by atoms with E-state index in [1.807, 2.05) is 6.08 Å². The standard InChI is InChI=1S/C30H49Br.C18H30S2.C17H27BrO2.I3.I2.HI/c1-25(2)13-8-14-26(3)15-9-16-27(4)17-10-18-28(5)19-11-20-29(6)21-12-22-30(7)23-24-31;1-15(2)8-5-9-16(3)10-6-11-17(4)14-18-19-12-7-13-20-18;1-14(8-6-10-16(3)13-18)7-5-9-15(2)11-12-20-17(4)19;1-3-2;1-2;/h13,15,17,19,21,23H,8-12,14,16,18,20,22,24H2,1-7H3;8,10,14,18H,5-7,9,11-13H2,1-4H3;7,10-11H,5-6,8-9,12-13H2,1-4H3;;;1H/q;;;-1;;/b26-15+,27-17+,28-19+,29-21+,30-23+;16-10+,17-14+;14-7+,15-11+,16-10+;;;. The summed E-state index contributed by atoms with van der Waals surface area (Å²) in [6, 6.07) is 0. The predicted octanol–water partition coefficient (Wildman–Crippen LogP) is 24.1. The van der Waals surface area contributed by atoms with Crippen LogP contribution in [0, 0.1) is 0 Å². The SMILES string of the molecule is CC(=O)OC/C=C(\C)CC/C=C(\C)CC/C=C(\C)CBr.CC(C)=CCC/C(C)=C/CC/C(C)=C/C1SCCCS1.CC(C)=CCC/C(C)=C/CC/C(C)=C/CC/C(C)=C/CC/C(C)=C/CC/C(C)=C/CBr.I.II.I[I-]I. The Labute approximate surface area is 573 Å². The molecular weight excluding hydrogens is 1800 g/mol. The van der Waals surface area contributed by atoms with E-state index in [-0.39, 0.29) is 29.9 Å². The van der Waals surface area contributed by atoms with Crippen LogP contribution < -0.4 is 13.3 Å². The van der Waals surface area contributed by atoms with Crippen molar-refractivity contribution in [1.29, 1.82) is 0 Å². The molecule has 1 aliphatic heterocycles. The first-order valence-electron chi connectivity index (χ1n) is 27.5. The molecule has 12 heteroatoms. The number of halogens is 8. The minimum absolute atomic E-state index is 0. The van der Waals surface area contributed by atoms with E-state index in [1.165, 1.54) is 170 Å². The van der Waals surface area contributed by atoms with Gasteiger partial charge in [0.1, 0.15) is 6.61 Å². The van der Waals surface area contributed by atoms with Crippen LogP contribution in [0.15, 0.2) is 140 Å². The van der Waals surface area contributed by atoms with Gasteiger partial charge in [-0.05, 0) is 237 Å². The number of allylic oxidation sites excluding steroid dienone is 22. The van der Waals surface area contributed by atoms with E-state index in [9.17, 15) is 4.79 Å². The third-order valence-electron chi connectivity index (χ3n) is 12.0. The summed E-state index contributed by atoms with van der Waals surface area (Å²) in [6.45, 7) is 32.8. The van der Waals surface area contributed by atoms with Gasteiger partial charge in [0.2, 0.25) is 0 Å². The molecule has 1 rings (SSSR count). The Morgan fingerprint density at radius 1 is 0.442 bits per heavy atom. The molecule has 1 aliphatic rings. The van der Waals surface area contributed by atoms with E-state index < -0.39 is 0 Å². The first-order valence-corrected chi connectivity index (χ1v) is 50.7. The molecule has 0 spiro atoms. The predicted molar refractivity (Wildman–Crippen MR) is 409 cm³/mol. The van der Waals surface area contributed by atoms with E-state index in [1.54, 1.807) is 5.57 Å². The topological polar surface area (TPSA) is 26.3 Å². The summed E-state index contributed by atoms with van der Waals surface area (Å²) in [5.74, 6) is 2.45. The van der Waals surface area contributed by atoms with E-state index in [0.717, 1.165) is 42.8 Å². The number of esters is 1. The molecule has 0 aromatic rings. The summed E-state index contributed by atoms with van der Waals surface area (Å²) in [5.41, 5.74) is 17.6. The van der Waals surface area contributed by atoms with E-state index in [2.05, 4.69) is 294 Å². The summed E-state index contributed by atoms with van der Waals surface area (Å²) in [5, 5.41) is 1.93. The van der Waals surface area contributed by atoms with Crippen LogP contribution in [0.5, 0.6) is 0 Å². The van der Waals surface area contributed by atoms with Crippen molar-refractivity contribution in [2.75, 3.05) is 28.8 Å². The first kappa shape index (κ1) is 88.2. The molecule has 0 bridgehead atoms. The molecule has 1 saturated heterocycles. The van der Waals surface area contributed by atoms with Gasteiger partial charge < -0.3 is 4.74 Å². The average molecular weight is 1910 g/mol. The Hall–Kier alpha value is 2.39. The van der Waals surface area contributed by atoms with Crippen LogP contribution in [0.1, 0.15) is 226 Å². The van der Waals surface area contributed by atoms with Crippen molar-refractivity contribution in [3.8, 4) is 0 Å². The van der Waals surface area contributed by atoms with Crippen molar-refractivity contribution >= 4 is 160 Å². The van der Waals surface area contributed by atoms with Crippen LogP contribution in [-0.2, 0) is 9.53 Å². The zero-order chi connectivity index (χ0) is 58.4. The van der Waals surface area contributed by atoms with Crippen molar-refractivity contribution in [2.24, 2.45) is 0 Å². The molecule has 0 aromatic heterocycles. The summed E-state index contributed by atoms with van der Waals surface area (Å²) < 4.78 is 5.60. The number of carbonyl (C=O) groups excluding carboxylic acids is 1. The summed E-state index contributed by atoms with van der Waals surface area (Å²) in [4.78, 5) is 10.6. The van der Waals surface area contributed by atoms with Gasteiger partial charge in [0, 0.05) is 54.8 Å². The second kappa shape index (κ2) is 65.9. The van der Waals surface area contributed by atoms with Crippen LogP contribution in [0.4, 0.5) is 0 Å². The summed E-state index contributed by atoms with van der Waals surface area (Å²) in [6.07, 6.45) is 50.4. The summed E-state index contributed by atoms with van der Waals surface area (Å²) in [7, 11) is 0. The van der Waals surface area contributed by atoms with Gasteiger partial charge in [-0.1, -0.05) is 166 Å². The number of hydrogen-bond acceptors (Lipinski definition) is 4. The molecule has 448 valence electrons. The Balaban J connectivity index is -0.000000330. The molecular formula is C65H107Br2I6O2S2-. The number of alkyl halides is 2. The number of rotatable bonds is 32. The Kier molecular flexibility index (Phi) is 75.5. The van der Waals surface area contributed by atoms with Gasteiger partial charge in [-0.3, -0.25) is 4.79 Å². The molecule has 2 nitrogen and oxygen atoms in total. The normalized spacial score (nSPS) is 14.4. The van der Waals surface area contributed by atoms with E-state index in [4.69, 9.17) is 4.74 Å². The molecule has 1 fully saturated rings. The monoisotopic (exact) mass is 1900 g/mol. The van der Waals surface area contributed by atoms with Gasteiger partial charge in [-0.2, -0.15) is 0 Å². The average Bonchev–Trinajstić information content (AvgIpc) is 3.35. The molecule has 0 N–H and O–H groups in total. The number of hydrogen-bond donors (Lipinski definition) is 0. The van der Waals surface area contributed by atoms with Crippen molar-refractivity contribution in [1.82, 2.24) is 0 Å². The number of carbonyl (C=O) groups is 1.